The van der Waals surface area contributed by atoms with Crippen molar-refractivity contribution >= 4 is 5.91 Å². The van der Waals surface area contributed by atoms with Gasteiger partial charge in [0, 0.05) is 37.9 Å². The van der Waals surface area contributed by atoms with Crippen LogP contribution in [0.25, 0.3) is 0 Å². The minimum absolute atomic E-state index is 0.00792. The van der Waals surface area contributed by atoms with E-state index >= 15 is 0 Å². The highest BCUT2D eigenvalue weighted by Gasteiger charge is 2.27. The number of aromatic amines is 1. The number of aryl methyl sites for hydroxylation is 1. The van der Waals surface area contributed by atoms with Crippen LogP contribution >= 0.6 is 0 Å². The number of nitrogens with one attached hydrogen (secondary N) is 1. The quantitative estimate of drug-likeness (QED) is 0.811. The Morgan fingerprint density at radius 3 is 2.95 bits per heavy atom. The number of aromatic nitrogens is 2. The first kappa shape index (κ1) is 14.0. The van der Waals surface area contributed by atoms with Gasteiger partial charge in [-0.05, 0) is 19.4 Å². The molecule has 1 aliphatic heterocycles. The average molecular weight is 266 g/mol. The van der Waals surface area contributed by atoms with Gasteiger partial charge in [-0.25, -0.2) is 0 Å². The summed E-state index contributed by atoms with van der Waals surface area (Å²) in [7, 11) is 0. The maximum atomic E-state index is 12.3. The molecule has 2 heterocycles. The molecule has 0 spiro atoms. The number of carbonyl (C=O) groups is 1. The highest BCUT2D eigenvalue weighted by Crippen LogP contribution is 2.12. The number of nitrogens with zero attached hydrogens (tertiary/aromatic N) is 3. The summed E-state index contributed by atoms with van der Waals surface area (Å²) in [5.74, 6) is -0.00792. The number of piperazine rings is 1. The van der Waals surface area contributed by atoms with Crippen molar-refractivity contribution in [2.75, 3.05) is 32.8 Å². The molecular weight excluding hydrogens is 244 g/mol. The van der Waals surface area contributed by atoms with E-state index in [1.54, 1.807) is 0 Å². The second-order valence-electron chi connectivity index (χ2n) is 4.99. The summed E-state index contributed by atoms with van der Waals surface area (Å²) < 4.78 is 0. The molecule has 1 saturated heterocycles. The number of amides is 1. The zero-order chi connectivity index (χ0) is 13.8. The lowest BCUT2D eigenvalue weighted by Crippen LogP contribution is -2.54. The van der Waals surface area contributed by atoms with Crippen molar-refractivity contribution in [3.63, 3.8) is 0 Å². The molecule has 0 aliphatic carbocycles. The van der Waals surface area contributed by atoms with Gasteiger partial charge in [0.15, 0.2) is 0 Å². The molecule has 19 heavy (non-hydrogen) atoms. The summed E-state index contributed by atoms with van der Waals surface area (Å²) in [4.78, 5) is 16.4. The molecule has 1 aromatic heterocycles. The predicted octanol–water partition coefficient (Wildman–Crippen LogP) is 0.111. The number of hydrogen-bond donors (Lipinski definition) is 2. The number of hydrogen-bond acceptors (Lipinski definition) is 4. The number of β-amino-alcohol motifs (C(OH)–C–C–N with tert-alkyl or cyclic N) is 1. The Morgan fingerprint density at radius 1 is 1.58 bits per heavy atom. The molecule has 2 N–H and O–H groups in total. The van der Waals surface area contributed by atoms with Crippen LogP contribution < -0.4 is 0 Å². The van der Waals surface area contributed by atoms with Gasteiger partial charge in [-0.15, -0.1) is 0 Å². The van der Waals surface area contributed by atoms with Gasteiger partial charge in [-0.1, -0.05) is 6.92 Å². The summed E-state index contributed by atoms with van der Waals surface area (Å²) in [6, 6.07) is 2.10. The molecule has 1 unspecified atom stereocenters. The van der Waals surface area contributed by atoms with E-state index in [4.69, 9.17) is 5.11 Å². The molecule has 1 aromatic rings. The van der Waals surface area contributed by atoms with Crippen LogP contribution in [-0.4, -0.2) is 69.8 Å². The highest BCUT2D eigenvalue weighted by molar-refractivity contribution is 5.92. The second-order valence-corrected chi connectivity index (χ2v) is 4.99. The van der Waals surface area contributed by atoms with Gasteiger partial charge < -0.3 is 10.0 Å². The van der Waals surface area contributed by atoms with Crippen LogP contribution in [0.3, 0.4) is 0 Å². The molecule has 1 fully saturated rings. The third-order valence-electron chi connectivity index (χ3n) is 3.67. The average Bonchev–Trinajstić information content (AvgIpc) is 2.89. The molecule has 0 bridgehead atoms. The molecule has 106 valence electrons. The molecule has 0 aromatic carbocycles. The van der Waals surface area contributed by atoms with Crippen molar-refractivity contribution in [3.05, 3.63) is 17.5 Å². The van der Waals surface area contributed by atoms with Crippen molar-refractivity contribution < 1.29 is 9.90 Å². The molecule has 1 amide bonds. The van der Waals surface area contributed by atoms with E-state index in [2.05, 4.69) is 22.0 Å². The smallest absolute Gasteiger partial charge is 0.274 e. The van der Waals surface area contributed by atoms with Crippen LogP contribution in [0.1, 0.15) is 30.0 Å². The predicted molar refractivity (Wildman–Crippen MR) is 72.0 cm³/mol. The third kappa shape index (κ3) is 3.13. The van der Waals surface area contributed by atoms with E-state index in [1.807, 2.05) is 17.9 Å². The van der Waals surface area contributed by atoms with E-state index in [-0.39, 0.29) is 18.6 Å². The molecule has 0 radical (unpaired) electrons. The van der Waals surface area contributed by atoms with Crippen LogP contribution in [0.5, 0.6) is 0 Å². The Balaban J connectivity index is 1.98. The normalized spacial score (nSPS) is 20.8. The first-order chi connectivity index (χ1) is 9.15. The fourth-order valence-electron chi connectivity index (χ4n) is 2.45. The fourth-order valence-corrected chi connectivity index (χ4v) is 2.45. The lowest BCUT2D eigenvalue weighted by Gasteiger charge is -2.39. The first-order valence-corrected chi connectivity index (χ1v) is 6.84. The molecule has 2 rings (SSSR count). The first-order valence-electron chi connectivity index (χ1n) is 6.84. The SMILES string of the molecule is CCc1cc(C(=O)N2CCN(CCO)C(C)C2)n[nH]1. The van der Waals surface area contributed by atoms with E-state index in [0.717, 1.165) is 18.7 Å². The standard InChI is InChI=1S/C13H22N4O2/c1-3-11-8-12(15-14-11)13(19)17-5-4-16(6-7-18)10(2)9-17/h8,10,18H,3-7,9H2,1-2H3,(H,14,15). The highest BCUT2D eigenvalue weighted by atomic mass is 16.3. The monoisotopic (exact) mass is 266 g/mol. The molecule has 1 aliphatic rings. The van der Waals surface area contributed by atoms with Crippen LogP contribution in [0, 0.1) is 0 Å². The maximum absolute atomic E-state index is 12.3. The Bertz CT molecular complexity index is 432. The summed E-state index contributed by atoms with van der Waals surface area (Å²) >= 11 is 0. The number of H-pyrrole nitrogens is 1. The Labute approximate surface area is 113 Å². The van der Waals surface area contributed by atoms with Gasteiger partial charge in [0.05, 0.1) is 6.61 Å². The van der Waals surface area contributed by atoms with Gasteiger partial charge in [-0.3, -0.25) is 14.8 Å². The summed E-state index contributed by atoms with van der Waals surface area (Å²) in [6.45, 7) is 7.13. The lowest BCUT2D eigenvalue weighted by molar-refractivity contribution is 0.0465. The third-order valence-corrected chi connectivity index (χ3v) is 3.67. The summed E-state index contributed by atoms with van der Waals surface area (Å²) in [5, 5.41) is 15.9. The van der Waals surface area contributed by atoms with Crippen LogP contribution in [-0.2, 0) is 6.42 Å². The van der Waals surface area contributed by atoms with Crippen molar-refractivity contribution in [2.45, 2.75) is 26.3 Å². The molecule has 6 nitrogen and oxygen atoms in total. The number of aliphatic hydroxyl groups is 1. The Morgan fingerprint density at radius 2 is 2.37 bits per heavy atom. The van der Waals surface area contributed by atoms with Gasteiger partial charge in [-0.2, -0.15) is 5.10 Å². The minimum atomic E-state index is -0.00792. The van der Waals surface area contributed by atoms with Gasteiger partial charge >= 0.3 is 0 Å². The van der Waals surface area contributed by atoms with E-state index < -0.39 is 0 Å². The minimum Gasteiger partial charge on any atom is -0.395 e. The number of aliphatic hydroxyl groups excluding tert-OH is 1. The van der Waals surface area contributed by atoms with Crippen molar-refractivity contribution in [1.82, 2.24) is 20.0 Å². The maximum Gasteiger partial charge on any atom is 0.274 e. The van der Waals surface area contributed by atoms with E-state index in [9.17, 15) is 4.79 Å². The Hall–Kier alpha value is -1.40. The number of carbonyl (C=O) groups excluding carboxylic acids is 1. The van der Waals surface area contributed by atoms with E-state index in [0.29, 0.717) is 25.3 Å². The Kier molecular flexibility index (Phi) is 4.55. The van der Waals surface area contributed by atoms with E-state index in [1.165, 1.54) is 0 Å². The van der Waals surface area contributed by atoms with Crippen molar-refractivity contribution in [1.29, 1.82) is 0 Å². The van der Waals surface area contributed by atoms with Gasteiger partial charge in [0.2, 0.25) is 0 Å². The molecule has 0 saturated carbocycles. The zero-order valence-corrected chi connectivity index (χ0v) is 11.6. The van der Waals surface area contributed by atoms with Crippen LogP contribution in [0.4, 0.5) is 0 Å². The van der Waals surface area contributed by atoms with Gasteiger partial charge in [0.1, 0.15) is 5.69 Å². The largest absolute Gasteiger partial charge is 0.395 e. The molecular formula is C13H22N4O2. The van der Waals surface area contributed by atoms with Crippen LogP contribution in [0.2, 0.25) is 0 Å². The topological polar surface area (TPSA) is 72.5 Å². The van der Waals surface area contributed by atoms with Crippen molar-refractivity contribution in [3.8, 4) is 0 Å². The second kappa shape index (κ2) is 6.16. The zero-order valence-electron chi connectivity index (χ0n) is 11.6. The number of rotatable bonds is 4. The van der Waals surface area contributed by atoms with Gasteiger partial charge in [0.25, 0.3) is 5.91 Å². The lowest BCUT2D eigenvalue weighted by atomic mass is 10.1. The fraction of sp³-hybridized carbons (Fsp3) is 0.692. The summed E-state index contributed by atoms with van der Waals surface area (Å²) in [5.41, 5.74) is 1.48. The molecule has 6 heteroatoms. The summed E-state index contributed by atoms with van der Waals surface area (Å²) in [6.07, 6.45) is 0.848. The van der Waals surface area contributed by atoms with Crippen LogP contribution in [0.15, 0.2) is 6.07 Å². The molecule has 1 atom stereocenters. The van der Waals surface area contributed by atoms with Crippen molar-refractivity contribution in [2.24, 2.45) is 0 Å².